The lowest BCUT2D eigenvalue weighted by molar-refractivity contribution is -0.0505. The van der Waals surface area contributed by atoms with Crippen LogP contribution in [-0.4, -0.2) is 74.3 Å². The Morgan fingerprint density at radius 1 is 1.27 bits per heavy atom. The number of alkyl halides is 2. The van der Waals surface area contributed by atoms with Gasteiger partial charge >= 0.3 is 6.61 Å². The van der Waals surface area contributed by atoms with Crippen LogP contribution in [0.3, 0.4) is 0 Å². The summed E-state index contributed by atoms with van der Waals surface area (Å²) in [7, 11) is 1.73. The maximum atomic E-state index is 13.3. The van der Waals surface area contributed by atoms with Crippen LogP contribution in [0.5, 0.6) is 5.75 Å². The number of amides is 1. The first kappa shape index (κ1) is 24.0. The fourth-order valence-corrected chi connectivity index (χ4v) is 6.00. The topological polar surface area (TPSA) is 83.2 Å². The molecule has 0 spiro atoms. The molecular formula is C27H29F2N5O3. The number of nitrogens with zero attached hydrogens (tertiary/aromatic N) is 5. The Bertz CT molecular complexity index is 1430. The van der Waals surface area contributed by atoms with E-state index in [0.29, 0.717) is 24.1 Å². The van der Waals surface area contributed by atoms with Crippen molar-refractivity contribution in [3.63, 3.8) is 0 Å². The lowest BCUT2D eigenvalue weighted by atomic mass is 9.88. The predicted octanol–water partition coefficient (Wildman–Crippen LogP) is 3.85. The smallest absolute Gasteiger partial charge is 0.387 e. The number of hydrogen-bond donors (Lipinski definition) is 1. The minimum absolute atomic E-state index is 0.0305. The molecule has 1 amide bonds. The van der Waals surface area contributed by atoms with Gasteiger partial charge in [-0.05, 0) is 50.5 Å². The predicted molar refractivity (Wildman–Crippen MR) is 133 cm³/mol. The van der Waals surface area contributed by atoms with Crippen molar-refractivity contribution in [3.05, 3.63) is 64.7 Å². The third-order valence-electron chi connectivity index (χ3n) is 8.15. The van der Waals surface area contributed by atoms with Gasteiger partial charge in [-0.3, -0.25) is 9.69 Å². The molecule has 1 aliphatic carbocycles. The average molecular weight is 510 g/mol. The first-order valence-electron chi connectivity index (χ1n) is 12.5. The molecule has 2 aromatic heterocycles. The fourth-order valence-electron chi connectivity index (χ4n) is 6.00. The third kappa shape index (κ3) is 3.73. The van der Waals surface area contributed by atoms with Crippen molar-refractivity contribution in [3.8, 4) is 5.75 Å². The van der Waals surface area contributed by atoms with Crippen LogP contribution >= 0.6 is 0 Å². The van der Waals surface area contributed by atoms with Crippen LogP contribution in [-0.2, 0) is 0 Å². The number of rotatable bonds is 5. The molecule has 2 atom stereocenters. The minimum atomic E-state index is -2.99. The van der Waals surface area contributed by atoms with E-state index in [4.69, 9.17) is 9.84 Å². The standard InChI is InChI=1S/C27H29F2N5O3/c1-27(2,13-35)33-9-7-15(8-10-33)18-12-19-23-17-11-20(24(23)31-34(19)14-30-18)32(3)25(36)16-5-4-6-21(22(16)17)37-26(28)29/h4-7,12,14,17,20,26,35H,8-11,13H2,1-3H3. The van der Waals surface area contributed by atoms with Gasteiger partial charge in [0.1, 0.15) is 12.1 Å². The van der Waals surface area contributed by atoms with Crippen molar-refractivity contribution in [1.29, 1.82) is 0 Å². The van der Waals surface area contributed by atoms with Crippen LogP contribution in [0.15, 0.2) is 36.7 Å². The molecule has 2 unspecified atom stereocenters. The Kier molecular flexibility index (Phi) is 5.57. The molecule has 0 saturated carbocycles. The Morgan fingerprint density at radius 3 is 2.78 bits per heavy atom. The summed E-state index contributed by atoms with van der Waals surface area (Å²) in [4.78, 5) is 21.8. The zero-order valence-corrected chi connectivity index (χ0v) is 21.0. The summed E-state index contributed by atoms with van der Waals surface area (Å²) in [6.45, 7) is 2.67. The van der Waals surface area contributed by atoms with E-state index in [9.17, 15) is 18.7 Å². The summed E-state index contributed by atoms with van der Waals surface area (Å²) in [6.07, 6.45) is 5.18. The number of benzene rings is 1. The summed E-state index contributed by atoms with van der Waals surface area (Å²) in [5, 5.41) is 14.5. The molecule has 3 aromatic rings. The summed E-state index contributed by atoms with van der Waals surface area (Å²) in [5.74, 6) is -0.512. The van der Waals surface area contributed by atoms with Crippen molar-refractivity contribution < 1.29 is 23.4 Å². The molecule has 194 valence electrons. The van der Waals surface area contributed by atoms with Gasteiger partial charge in [-0.2, -0.15) is 13.9 Å². The van der Waals surface area contributed by atoms with Gasteiger partial charge in [-0.1, -0.05) is 12.1 Å². The van der Waals surface area contributed by atoms with Crippen LogP contribution in [0.2, 0.25) is 0 Å². The molecule has 2 aliphatic heterocycles. The van der Waals surface area contributed by atoms with Gasteiger partial charge in [0, 0.05) is 48.3 Å². The van der Waals surface area contributed by atoms with Gasteiger partial charge in [0.05, 0.1) is 29.6 Å². The van der Waals surface area contributed by atoms with Crippen LogP contribution in [0.1, 0.15) is 71.5 Å². The lowest BCUT2D eigenvalue weighted by Gasteiger charge is -2.39. The first-order chi connectivity index (χ1) is 17.7. The number of hydrogen-bond acceptors (Lipinski definition) is 6. The Morgan fingerprint density at radius 2 is 2.08 bits per heavy atom. The largest absolute Gasteiger partial charge is 0.434 e. The Balaban J connectivity index is 1.46. The van der Waals surface area contributed by atoms with Crippen molar-refractivity contribution in [2.75, 3.05) is 26.7 Å². The van der Waals surface area contributed by atoms with E-state index in [1.54, 1.807) is 34.9 Å². The molecule has 3 aliphatic rings. The average Bonchev–Trinajstić information content (AvgIpc) is 3.41. The summed E-state index contributed by atoms with van der Waals surface area (Å²) in [6, 6.07) is 6.50. The molecule has 0 radical (unpaired) electrons. The maximum Gasteiger partial charge on any atom is 0.387 e. The van der Waals surface area contributed by atoms with Crippen molar-refractivity contribution in [1.82, 2.24) is 24.4 Å². The number of aliphatic hydroxyl groups excluding tert-OH is 1. The molecule has 2 bridgehead atoms. The highest BCUT2D eigenvalue weighted by Crippen LogP contribution is 2.53. The highest BCUT2D eigenvalue weighted by molar-refractivity contribution is 5.98. The highest BCUT2D eigenvalue weighted by atomic mass is 19.3. The summed E-state index contributed by atoms with van der Waals surface area (Å²) in [5.41, 5.74) is 5.10. The van der Waals surface area contributed by atoms with Gasteiger partial charge < -0.3 is 14.7 Å². The zero-order chi connectivity index (χ0) is 26.1. The van der Waals surface area contributed by atoms with Gasteiger partial charge in [-0.25, -0.2) is 9.50 Å². The number of carbonyl (C=O) groups is 1. The van der Waals surface area contributed by atoms with Crippen LogP contribution < -0.4 is 4.74 Å². The fraction of sp³-hybridized carbons (Fsp3) is 0.444. The molecule has 4 heterocycles. The van der Waals surface area contributed by atoms with Gasteiger partial charge in [0.2, 0.25) is 0 Å². The van der Waals surface area contributed by atoms with E-state index in [-0.39, 0.29) is 35.8 Å². The first-order valence-corrected chi connectivity index (χ1v) is 12.5. The summed E-state index contributed by atoms with van der Waals surface area (Å²) < 4.78 is 33.2. The van der Waals surface area contributed by atoms with E-state index in [2.05, 4.69) is 16.0 Å². The second-order valence-electron chi connectivity index (χ2n) is 10.6. The molecular weight excluding hydrogens is 480 g/mol. The van der Waals surface area contributed by atoms with Crippen molar-refractivity contribution in [2.24, 2.45) is 0 Å². The molecule has 6 rings (SSSR count). The third-order valence-corrected chi connectivity index (χ3v) is 8.15. The highest BCUT2D eigenvalue weighted by Gasteiger charge is 2.46. The van der Waals surface area contributed by atoms with Crippen LogP contribution in [0, 0.1) is 0 Å². The van der Waals surface area contributed by atoms with E-state index in [1.807, 2.05) is 19.9 Å². The molecule has 1 aromatic carbocycles. The number of aromatic nitrogens is 3. The maximum absolute atomic E-state index is 13.3. The van der Waals surface area contributed by atoms with Crippen molar-refractivity contribution in [2.45, 2.75) is 50.8 Å². The summed E-state index contributed by atoms with van der Waals surface area (Å²) >= 11 is 0. The lowest BCUT2D eigenvalue weighted by Crippen LogP contribution is -2.48. The molecule has 8 nitrogen and oxygen atoms in total. The van der Waals surface area contributed by atoms with Gasteiger partial charge in [0.25, 0.3) is 5.91 Å². The number of carbonyl (C=O) groups excluding carboxylic acids is 1. The van der Waals surface area contributed by atoms with E-state index in [1.165, 1.54) is 6.07 Å². The second-order valence-corrected chi connectivity index (χ2v) is 10.6. The van der Waals surface area contributed by atoms with E-state index in [0.717, 1.165) is 41.0 Å². The molecule has 37 heavy (non-hydrogen) atoms. The second kappa shape index (κ2) is 8.59. The quantitative estimate of drug-likeness (QED) is 0.563. The monoisotopic (exact) mass is 509 g/mol. The Labute approximate surface area is 213 Å². The minimum Gasteiger partial charge on any atom is -0.434 e. The van der Waals surface area contributed by atoms with Gasteiger partial charge in [0.15, 0.2) is 0 Å². The van der Waals surface area contributed by atoms with Crippen LogP contribution in [0.25, 0.3) is 11.1 Å². The van der Waals surface area contributed by atoms with E-state index < -0.39 is 6.61 Å². The molecule has 0 saturated heterocycles. The normalized spacial score (nSPS) is 21.8. The van der Waals surface area contributed by atoms with Gasteiger partial charge in [-0.15, -0.1) is 0 Å². The Hall–Kier alpha value is -3.37. The number of fused-ring (bicyclic) bond motifs is 9. The SMILES string of the molecule is CN1C(=O)c2cccc(OC(F)F)c2C2CC1c1nn3cnc(C4=CCN(C(C)(C)CO)CC4)cc3c12. The zero-order valence-electron chi connectivity index (χ0n) is 21.0. The van der Waals surface area contributed by atoms with Crippen molar-refractivity contribution >= 4 is 17.0 Å². The number of halogens is 2. The molecule has 10 heteroatoms. The van der Waals surface area contributed by atoms with Crippen LogP contribution in [0.4, 0.5) is 8.78 Å². The number of aliphatic hydroxyl groups is 1. The number of ether oxygens (including phenoxy) is 1. The molecule has 1 N–H and O–H groups in total. The van der Waals surface area contributed by atoms with E-state index >= 15 is 0 Å². The molecule has 0 fully saturated rings.